The smallest absolute Gasteiger partial charge is 0.207 e. The molecule has 1 fully saturated rings. The molecule has 1 saturated carbocycles. The molecule has 3 rings (SSSR count). The van der Waals surface area contributed by atoms with Crippen molar-refractivity contribution in [2.45, 2.75) is 45.1 Å². The average molecular weight is 255 g/mol. The zero-order valence-corrected chi connectivity index (χ0v) is 11.5. The third-order valence-corrected chi connectivity index (χ3v) is 3.86. The van der Waals surface area contributed by atoms with Crippen LogP contribution in [-0.4, -0.2) is 15.6 Å². The molecule has 1 aliphatic carbocycles. The van der Waals surface area contributed by atoms with E-state index in [0.29, 0.717) is 6.04 Å². The van der Waals surface area contributed by atoms with Crippen molar-refractivity contribution >= 4 is 5.95 Å². The number of hydrogen-bond acceptors (Lipinski definition) is 2. The highest BCUT2D eigenvalue weighted by atomic mass is 15.2. The summed E-state index contributed by atoms with van der Waals surface area (Å²) in [6, 6.07) is 9.11. The van der Waals surface area contributed by atoms with Crippen molar-refractivity contribution < 1.29 is 0 Å². The lowest BCUT2D eigenvalue weighted by atomic mass is 9.96. The van der Waals surface area contributed by atoms with Crippen molar-refractivity contribution in [1.82, 2.24) is 9.55 Å². The first-order valence-corrected chi connectivity index (χ1v) is 7.20. The van der Waals surface area contributed by atoms with E-state index in [4.69, 9.17) is 0 Å². The van der Waals surface area contributed by atoms with Crippen LogP contribution in [0, 0.1) is 6.92 Å². The van der Waals surface area contributed by atoms with Gasteiger partial charge < -0.3 is 5.32 Å². The van der Waals surface area contributed by atoms with Gasteiger partial charge in [0.2, 0.25) is 5.95 Å². The second-order valence-corrected chi connectivity index (χ2v) is 5.44. The molecule has 0 amide bonds. The molecule has 0 atom stereocenters. The minimum Gasteiger partial charge on any atom is -0.353 e. The second-order valence-electron chi connectivity index (χ2n) is 5.44. The molecule has 2 aromatic rings. The normalized spacial score (nSPS) is 16.5. The lowest BCUT2D eigenvalue weighted by molar-refractivity contribution is 0.460. The van der Waals surface area contributed by atoms with Gasteiger partial charge >= 0.3 is 0 Å². The van der Waals surface area contributed by atoms with Gasteiger partial charge in [-0.05, 0) is 37.5 Å². The number of hydrogen-bond donors (Lipinski definition) is 1. The van der Waals surface area contributed by atoms with Crippen LogP contribution in [0.15, 0.2) is 36.7 Å². The minimum atomic E-state index is 0.583. The van der Waals surface area contributed by atoms with Gasteiger partial charge in [0.1, 0.15) is 0 Å². The summed E-state index contributed by atoms with van der Waals surface area (Å²) in [5, 5.41) is 3.60. The van der Waals surface area contributed by atoms with Crippen molar-refractivity contribution in [2.24, 2.45) is 0 Å². The topological polar surface area (TPSA) is 29.9 Å². The number of aromatic nitrogens is 2. The lowest BCUT2D eigenvalue weighted by Crippen LogP contribution is -2.24. The van der Waals surface area contributed by atoms with Gasteiger partial charge in [0.25, 0.3) is 0 Å². The molecule has 3 nitrogen and oxygen atoms in total. The van der Waals surface area contributed by atoms with Crippen LogP contribution in [0.3, 0.4) is 0 Å². The summed E-state index contributed by atoms with van der Waals surface area (Å²) >= 11 is 0. The Bertz CT molecular complexity index is 538. The van der Waals surface area contributed by atoms with Crippen LogP contribution in [0.5, 0.6) is 0 Å². The van der Waals surface area contributed by atoms with E-state index in [0.717, 1.165) is 5.95 Å². The number of nitrogens with zero attached hydrogens (tertiary/aromatic N) is 2. The molecule has 1 N–H and O–H groups in total. The summed E-state index contributed by atoms with van der Waals surface area (Å²) in [5.41, 5.74) is 2.45. The van der Waals surface area contributed by atoms with Crippen LogP contribution in [0.1, 0.15) is 37.7 Å². The van der Waals surface area contributed by atoms with Gasteiger partial charge in [-0.2, -0.15) is 0 Å². The van der Waals surface area contributed by atoms with Crippen LogP contribution >= 0.6 is 0 Å². The van der Waals surface area contributed by atoms with Crippen LogP contribution in [0.4, 0.5) is 5.95 Å². The van der Waals surface area contributed by atoms with E-state index >= 15 is 0 Å². The molecule has 1 aliphatic rings. The summed E-state index contributed by atoms with van der Waals surface area (Å²) < 4.78 is 2.14. The number of rotatable bonds is 3. The Balaban J connectivity index is 1.81. The quantitative estimate of drug-likeness (QED) is 0.900. The number of benzene rings is 1. The summed E-state index contributed by atoms with van der Waals surface area (Å²) in [5.74, 6) is 0.970. The zero-order chi connectivity index (χ0) is 13.1. The highest BCUT2D eigenvalue weighted by Crippen LogP contribution is 2.22. The molecule has 0 spiro atoms. The van der Waals surface area contributed by atoms with Crippen LogP contribution in [-0.2, 0) is 0 Å². The van der Waals surface area contributed by atoms with E-state index in [9.17, 15) is 0 Å². The molecular formula is C16H21N3. The largest absolute Gasteiger partial charge is 0.353 e. The van der Waals surface area contributed by atoms with E-state index in [1.165, 1.54) is 43.4 Å². The first-order valence-electron chi connectivity index (χ1n) is 7.20. The number of imidazole rings is 1. The Hall–Kier alpha value is -1.77. The molecule has 0 bridgehead atoms. The van der Waals surface area contributed by atoms with Crippen molar-refractivity contribution in [2.75, 3.05) is 5.32 Å². The Morgan fingerprint density at radius 3 is 2.84 bits per heavy atom. The third-order valence-electron chi connectivity index (χ3n) is 3.86. The SMILES string of the molecule is Cc1cccc(-n2ccnc2NC2CCCCC2)c1. The summed E-state index contributed by atoms with van der Waals surface area (Å²) in [7, 11) is 0. The molecule has 1 aromatic carbocycles. The first kappa shape index (κ1) is 12.3. The molecule has 100 valence electrons. The molecule has 0 unspecified atom stereocenters. The molecular weight excluding hydrogens is 234 g/mol. The lowest BCUT2D eigenvalue weighted by Gasteiger charge is -2.23. The van der Waals surface area contributed by atoms with E-state index in [1.54, 1.807) is 0 Å². The maximum absolute atomic E-state index is 4.47. The van der Waals surface area contributed by atoms with Gasteiger partial charge in [-0.15, -0.1) is 0 Å². The Labute approximate surface area is 114 Å². The van der Waals surface area contributed by atoms with Gasteiger partial charge in [-0.3, -0.25) is 4.57 Å². The fraction of sp³-hybridized carbons (Fsp3) is 0.438. The number of anilines is 1. The predicted molar refractivity (Wildman–Crippen MR) is 78.8 cm³/mol. The molecule has 0 saturated heterocycles. The molecule has 1 heterocycles. The van der Waals surface area contributed by atoms with Crippen molar-refractivity contribution in [3.8, 4) is 5.69 Å². The third kappa shape index (κ3) is 2.80. The van der Waals surface area contributed by atoms with Crippen molar-refractivity contribution in [3.05, 3.63) is 42.2 Å². The average Bonchev–Trinajstić information content (AvgIpc) is 2.88. The summed E-state index contributed by atoms with van der Waals surface area (Å²) in [6.07, 6.45) is 10.5. The first-order chi connectivity index (χ1) is 9.33. The standard InChI is InChI=1S/C16H21N3/c1-13-6-5-9-15(12-13)19-11-10-17-16(19)18-14-7-3-2-4-8-14/h5-6,9-12,14H,2-4,7-8H2,1H3,(H,17,18). The zero-order valence-electron chi connectivity index (χ0n) is 11.5. The summed E-state index contributed by atoms with van der Waals surface area (Å²) in [4.78, 5) is 4.47. The van der Waals surface area contributed by atoms with Gasteiger partial charge in [0.15, 0.2) is 0 Å². The second kappa shape index (κ2) is 5.47. The van der Waals surface area contributed by atoms with Gasteiger partial charge in [-0.1, -0.05) is 31.4 Å². The highest BCUT2D eigenvalue weighted by molar-refractivity contribution is 5.43. The monoisotopic (exact) mass is 255 g/mol. The Morgan fingerprint density at radius 1 is 1.21 bits per heavy atom. The van der Waals surface area contributed by atoms with E-state index in [2.05, 4.69) is 46.1 Å². The maximum Gasteiger partial charge on any atom is 0.207 e. The highest BCUT2D eigenvalue weighted by Gasteiger charge is 2.15. The molecule has 1 aromatic heterocycles. The fourth-order valence-corrected chi connectivity index (χ4v) is 2.83. The van der Waals surface area contributed by atoms with Gasteiger partial charge in [0.05, 0.1) is 0 Å². The van der Waals surface area contributed by atoms with Gasteiger partial charge in [0, 0.05) is 24.1 Å². The minimum absolute atomic E-state index is 0.583. The number of aryl methyl sites for hydroxylation is 1. The fourth-order valence-electron chi connectivity index (χ4n) is 2.83. The van der Waals surface area contributed by atoms with E-state index in [1.807, 2.05) is 12.4 Å². The predicted octanol–water partition coefficient (Wildman–Crippen LogP) is 3.93. The van der Waals surface area contributed by atoms with Crippen LogP contribution in [0.2, 0.25) is 0 Å². The van der Waals surface area contributed by atoms with Crippen molar-refractivity contribution in [1.29, 1.82) is 0 Å². The molecule has 0 radical (unpaired) electrons. The Morgan fingerprint density at radius 2 is 2.05 bits per heavy atom. The van der Waals surface area contributed by atoms with Gasteiger partial charge in [-0.25, -0.2) is 4.98 Å². The van der Waals surface area contributed by atoms with E-state index < -0.39 is 0 Å². The molecule has 3 heteroatoms. The summed E-state index contributed by atoms with van der Waals surface area (Å²) in [6.45, 7) is 2.12. The van der Waals surface area contributed by atoms with E-state index in [-0.39, 0.29) is 0 Å². The molecule has 19 heavy (non-hydrogen) atoms. The van der Waals surface area contributed by atoms with Crippen LogP contribution in [0.25, 0.3) is 5.69 Å². The Kier molecular flexibility index (Phi) is 3.53. The maximum atomic E-state index is 4.47. The molecule has 0 aliphatic heterocycles. The van der Waals surface area contributed by atoms with Crippen molar-refractivity contribution in [3.63, 3.8) is 0 Å². The van der Waals surface area contributed by atoms with Crippen LogP contribution < -0.4 is 5.32 Å². The number of nitrogens with one attached hydrogen (secondary N) is 1.